The van der Waals surface area contributed by atoms with E-state index in [-0.39, 0.29) is 12.5 Å². The van der Waals surface area contributed by atoms with E-state index in [2.05, 4.69) is 11.2 Å². The van der Waals surface area contributed by atoms with Crippen molar-refractivity contribution in [3.8, 4) is 12.3 Å². The third-order valence-corrected chi connectivity index (χ3v) is 3.66. The number of aliphatic hydroxyl groups excluding tert-OH is 1. The molecule has 0 bridgehead atoms. The second-order valence-electron chi connectivity index (χ2n) is 5.06. The van der Waals surface area contributed by atoms with E-state index in [1.807, 2.05) is 29.2 Å². The van der Waals surface area contributed by atoms with E-state index in [1.54, 1.807) is 0 Å². The number of nitrogens with zero attached hydrogens (tertiary/aromatic N) is 1. The van der Waals surface area contributed by atoms with Gasteiger partial charge in [-0.2, -0.15) is 0 Å². The number of carbonyl (C=O) groups is 1. The highest BCUT2D eigenvalue weighted by molar-refractivity contribution is 5.95. The molecule has 1 fully saturated rings. The highest BCUT2D eigenvalue weighted by atomic mass is 16.3. The number of amides is 1. The monoisotopic (exact) mass is 272 g/mol. The minimum Gasteiger partial charge on any atom is -0.396 e. The van der Waals surface area contributed by atoms with Gasteiger partial charge in [-0.15, -0.1) is 6.42 Å². The molecule has 20 heavy (non-hydrogen) atoms. The Kier molecular flexibility index (Phi) is 5.03. The second kappa shape index (κ2) is 6.97. The molecular weight excluding hydrogens is 252 g/mol. The topological polar surface area (TPSA) is 52.6 Å². The summed E-state index contributed by atoms with van der Waals surface area (Å²) in [7, 11) is 0. The van der Waals surface area contributed by atoms with Gasteiger partial charge in [0, 0.05) is 30.9 Å². The number of hydrogen-bond donors (Lipinski definition) is 2. The fraction of sp³-hybridized carbons (Fsp3) is 0.438. The van der Waals surface area contributed by atoms with Gasteiger partial charge in [0.2, 0.25) is 0 Å². The summed E-state index contributed by atoms with van der Waals surface area (Å²) < 4.78 is 0. The number of likely N-dealkylation sites (tertiary alicyclic amines) is 1. The number of carbonyl (C=O) groups excluding carboxylic acids is 1. The number of piperidine rings is 1. The molecule has 4 nitrogen and oxygen atoms in total. The van der Waals surface area contributed by atoms with E-state index in [0.29, 0.717) is 31.1 Å². The van der Waals surface area contributed by atoms with Gasteiger partial charge in [0.25, 0.3) is 5.91 Å². The number of aliphatic hydroxyl groups is 1. The third kappa shape index (κ3) is 3.52. The van der Waals surface area contributed by atoms with Crippen LogP contribution >= 0.6 is 0 Å². The van der Waals surface area contributed by atoms with Crippen molar-refractivity contribution in [2.24, 2.45) is 5.92 Å². The molecule has 1 aromatic carbocycles. The summed E-state index contributed by atoms with van der Waals surface area (Å²) in [5, 5.41) is 12.2. The first-order valence-corrected chi connectivity index (χ1v) is 6.92. The first-order chi connectivity index (χ1) is 9.74. The molecule has 106 valence electrons. The molecule has 1 heterocycles. The molecule has 1 aliphatic heterocycles. The van der Waals surface area contributed by atoms with Gasteiger partial charge in [-0.3, -0.25) is 4.79 Å². The molecule has 1 amide bonds. The lowest BCUT2D eigenvalue weighted by Crippen LogP contribution is -2.39. The maximum Gasteiger partial charge on any atom is 0.253 e. The predicted molar refractivity (Wildman–Crippen MR) is 79.5 cm³/mol. The first-order valence-electron chi connectivity index (χ1n) is 6.92. The van der Waals surface area contributed by atoms with E-state index in [0.717, 1.165) is 18.5 Å². The van der Waals surface area contributed by atoms with Crippen molar-refractivity contribution in [3.63, 3.8) is 0 Å². The standard InChI is InChI=1S/C16H20N2O2/c1-2-8-17-15-5-3-4-14(11-15)16(20)18-9-6-13(12-19)7-10-18/h1,3-5,11,13,17,19H,6-10,12H2. The lowest BCUT2D eigenvalue weighted by molar-refractivity contribution is 0.0651. The average molecular weight is 272 g/mol. The van der Waals surface area contributed by atoms with Crippen LogP contribution in [0.1, 0.15) is 23.2 Å². The van der Waals surface area contributed by atoms with Crippen LogP contribution < -0.4 is 5.32 Å². The Hall–Kier alpha value is -1.99. The summed E-state index contributed by atoms with van der Waals surface area (Å²) in [5.74, 6) is 2.89. The molecule has 0 unspecified atom stereocenters. The molecule has 0 atom stereocenters. The van der Waals surface area contributed by atoms with E-state index < -0.39 is 0 Å². The van der Waals surface area contributed by atoms with E-state index >= 15 is 0 Å². The van der Waals surface area contributed by atoms with Crippen LogP contribution in [0.3, 0.4) is 0 Å². The number of nitrogens with one attached hydrogen (secondary N) is 1. The van der Waals surface area contributed by atoms with Crippen LogP contribution in [-0.4, -0.2) is 42.2 Å². The van der Waals surface area contributed by atoms with Crippen molar-refractivity contribution in [1.82, 2.24) is 4.90 Å². The van der Waals surface area contributed by atoms with Crippen LogP contribution in [0.2, 0.25) is 0 Å². The van der Waals surface area contributed by atoms with Crippen LogP contribution in [-0.2, 0) is 0 Å². The Bertz CT molecular complexity index is 499. The Labute approximate surface area is 119 Å². The fourth-order valence-corrected chi connectivity index (χ4v) is 2.42. The number of terminal acetylenes is 1. The minimum absolute atomic E-state index is 0.0470. The van der Waals surface area contributed by atoms with Crippen molar-refractivity contribution < 1.29 is 9.90 Å². The third-order valence-electron chi connectivity index (χ3n) is 3.66. The van der Waals surface area contributed by atoms with Crippen molar-refractivity contribution in [2.75, 3.05) is 31.6 Å². The summed E-state index contributed by atoms with van der Waals surface area (Å²) >= 11 is 0. The van der Waals surface area contributed by atoms with Crippen molar-refractivity contribution in [2.45, 2.75) is 12.8 Å². The molecule has 0 saturated carbocycles. The summed E-state index contributed by atoms with van der Waals surface area (Å²) in [6.45, 7) is 2.09. The Morgan fingerprint density at radius 2 is 2.20 bits per heavy atom. The van der Waals surface area contributed by atoms with Gasteiger partial charge in [-0.25, -0.2) is 0 Å². The van der Waals surface area contributed by atoms with Crippen LogP contribution in [0.25, 0.3) is 0 Å². The van der Waals surface area contributed by atoms with Crippen molar-refractivity contribution >= 4 is 11.6 Å². The zero-order valence-electron chi connectivity index (χ0n) is 11.5. The number of benzene rings is 1. The summed E-state index contributed by atoms with van der Waals surface area (Å²) in [5.41, 5.74) is 1.54. The largest absolute Gasteiger partial charge is 0.396 e. The van der Waals surface area contributed by atoms with Crippen LogP contribution in [0.4, 0.5) is 5.69 Å². The normalized spacial score (nSPS) is 15.7. The van der Waals surface area contributed by atoms with Gasteiger partial charge in [0.1, 0.15) is 0 Å². The minimum atomic E-state index is 0.0470. The second-order valence-corrected chi connectivity index (χ2v) is 5.06. The molecule has 2 N–H and O–H groups in total. The highest BCUT2D eigenvalue weighted by Crippen LogP contribution is 2.19. The average Bonchev–Trinajstić information content (AvgIpc) is 2.52. The van der Waals surface area contributed by atoms with Gasteiger partial charge in [-0.1, -0.05) is 12.0 Å². The smallest absolute Gasteiger partial charge is 0.253 e. The van der Waals surface area contributed by atoms with Gasteiger partial charge in [-0.05, 0) is 37.0 Å². The maximum atomic E-state index is 12.4. The van der Waals surface area contributed by atoms with E-state index in [4.69, 9.17) is 11.5 Å². The Morgan fingerprint density at radius 1 is 1.45 bits per heavy atom. The van der Waals surface area contributed by atoms with Crippen molar-refractivity contribution in [3.05, 3.63) is 29.8 Å². The summed E-state index contributed by atoms with van der Waals surface area (Å²) in [6.07, 6.45) is 6.95. The number of hydrogen-bond acceptors (Lipinski definition) is 3. The fourth-order valence-electron chi connectivity index (χ4n) is 2.42. The molecule has 1 aliphatic rings. The molecule has 2 rings (SSSR count). The molecule has 0 radical (unpaired) electrons. The maximum absolute atomic E-state index is 12.4. The molecule has 0 aliphatic carbocycles. The molecule has 0 aromatic heterocycles. The van der Waals surface area contributed by atoms with Gasteiger partial charge < -0.3 is 15.3 Å². The van der Waals surface area contributed by atoms with Crippen LogP contribution in [0.15, 0.2) is 24.3 Å². The zero-order valence-corrected chi connectivity index (χ0v) is 11.5. The highest BCUT2D eigenvalue weighted by Gasteiger charge is 2.23. The van der Waals surface area contributed by atoms with Crippen molar-refractivity contribution in [1.29, 1.82) is 0 Å². The SMILES string of the molecule is C#CCNc1cccc(C(=O)N2CCC(CO)CC2)c1. The van der Waals surface area contributed by atoms with E-state index in [9.17, 15) is 4.79 Å². The van der Waals surface area contributed by atoms with E-state index in [1.165, 1.54) is 0 Å². The number of rotatable bonds is 4. The first kappa shape index (κ1) is 14.4. The van der Waals surface area contributed by atoms with Crippen LogP contribution in [0.5, 0.6) is 0 Å². The molecule has 1 saturated heterocycles. The van der Waals surface area contributed by atoms with Gasteiger partial charge in [0.15, 0.2) is 0 Å². The molecule has 4 heteroatoms. The van der Waals surface area contributed by atoms with Crippen LogP contribution in [0, 0.1) is 18.3 Å². The zero-order chi connectivity index (χ0) is 14.4. The lowest BCUT2D eigenvalue weighted by Gasteiger charge is -2.31. The Balaban J connectivity index is 2.00. The van der Waals surface area contributed by atoms with Gasteiger partial charge in [0.05, 0.1) is 6.54 Å². The Morgan fingerprint density at radius 3 is 2.85 bits per heavy atom. The van der Waals surface area contributed by atoms with Gasteiger partial charge >= 0.3 is 0 Å². The quantitative estimate of drug-likeness (QED) is 0.818. The number of anilines is 1. The summed E-state index contributed by atoms with van der Waals surface area (Å²) in [6, 6.07) is 7.40. The molecule has 1 aromatic rings. The molecule has 0 spiro atoms. The summed E-state index contributed by atoms with van der Waals surface area (Å²) in [4.78, 5) is 14.3. The lowest BCUT2D eigenvalue weighted by atomic mass is 9.97. The predicted octanol–water partition coefficient (Wildman–Crippen LogP) is 1.58. The molecular formula is C16H20N2O2.